The Morgan fingerprint density at radius 2 is 0.881 bits per heavy atom. The maximum Gasteiger partial charge on any atom is 0.143 e. The summed E-state index contributed by atoms with van der Waals surface area (Å²) in [5.74, 6) is 0. The molecule has 0 spiro atoms. The standard InChI is InChI=1S/C40H27NO/c1-2-12-31(13-3-1)41(32-24-20-29(21-25-32)35-16-8-11-28-10-4-5-14-34(28)35)33-26-22-30(23-27-33)36-17-9-18-38-37-15-6-7-19-39(37)42-40(36)38/h1-27H. The third-order valence-corrected chi connectivity index (χ3v) is 8.08. The van der Waals surface area contributed by atoms with Crippen LogP contribution in [0.5, 0.6) is 0 Å². The molecular formula is C40H27NO. The fraction of sp³-hybridized carbons (Fsp3) is 0. The summed E-state index contributed by atoms with van der Waals surface area (Å²) in [6, 6.07) is 57.9. The molecule has 1 heterocycles. The molecule has 0 atom stereocenters. The van der Waals surface area contributed by atoms with E-state index in [0.717, 1.165) is 50.1 Å². The highest BCUT2D eigenvalue weighted by Gasteiger charge is 2.15. The van der Waals surface area contributed by atoms with Crippen LogP contribution in [0.1, 0.15) is 0 Å². The van der Waals surface area contributed by atoms with Gasteiger partial charge in [0.05, 0.1) is 0 Å². The Morgan fingerprint density at radius 3 is 1.64 bits per heavy atom. The van der Waals surface area contributed by atoms with Gasteiger partial charge in [-0.15, -0.1) is 0 Å². The maximum atomic E-state index is 6.32. The summed E-state index contributed by atoms with van der Waals surface area (Å²) in [5, 5.41) is 4.81. The van der Waals surface area contributed by atoms with Crippen LogP contribution in [0.3, 0.4) is 0 Å². The third-order valence-electron chi connectivity index (χ3n) is 8.08. The maximum absolute atomic E-state index is 6.32. The lowest BCUT2D eigenvalue weighted by Crippen LogP contribution is -2.09. The van der Waals surface area contributed by atoms with Crippen LogP contribution >= 0.6 is 0 Å². The van der Waals surface area contributed by atoms with Crippen LogP contribution in [0.4, 0.5) is 17.1 Å². The lowest BCUT2D eigenvalue weighted by atomic mass is 9.98. The number of hydrogen-bond donors (Lipinski definition) is 0. The fourth-order valence-corrected chi connectivity index (χ4v) is 6.06. The van der Waals surface area contributed by atoms with E-state index in [1.165, 1.54) is 21.9 Å². The number of benzene rings is 7. The second-order valence-corrected chi connectivity index (χ2v) is 10.6. The molecule has 0 saturated heterocycles. The van der Waals surface area contributed by atoms with Crippen molar-refractivity contribution < 1.29 is 4.42 Å². The van der Waals surface area contributed by atoms with Crippen molar-refractivity contribution in [2.24, 2.45) is 0 Å². The second-order valence-electron chi connectivity index (χ2n) is 10.6. The number of anilines is 3. The van der Waals surface area contributed by atoms with Gasteiger partial charge in [0, 0.05) is 33.4 Å². The van der Waals surface area contributed by atoms with E-state index in [2.05, 4.69) is 157 Å². The van der Waals surface area contributed by atoms with Crippen LogP contribution in [0.15, 0.2) is 168 Å². The van der Waals surface area contributed by atoms with Gasteiger partial charge in [0.1, 0.15) is 11.2 Å². The summed E-state index contributed by atoms with van der Waals surface area (Å²) in [5.41, 5.74) is 9.84. The Kier molecular flexibility index (Phi) is 5.82. The van der Waals surface area contributed by atoms with Crippen LogP contribution in [0.2, 0.25) is 0 Å². The van der Waals surface area contributed by atoms with Crippen LogP contribution in [-0.2, 0) is 0 Å². The molecule has 0 aliphatic carbocycles. The minimum Gasteiger partial charge on any atom is -0.455 e. The molecule has 198 valence electrons. The third kappa shape index (κ3) is 4.13. The normalized spacial score (nSPS) is 11.3. The van der Waals surface area contributed by atoms with Crippen molar-refractivity contribution in [3.63, 3.8) is 0 Å². The van der Waals surface area contributed by atoms with Gasteiger partial charge in [-0.05, 0) is 69.9 Å². The number of furan rings is 1. The predicted octanol–water partition coefficient (Wildman–Crippen LogP) is 11.5. The molecule has 0 aliphatic heterocycles. The van der Waals surface area contributed by atoms with Crippen molar-refractivity contribution in [1.82, 2.24) is 0 Å². The van der Waals surface area contributed by atoms with Crippen molar-refractivity contribution in [2.75, 3.05) is 4.90 Å². The molecular weight excluding hydrogens is 510 g/mol. The quantitative estimate of drug-likeness (QED) is 0.217. The van der Waals surface area contributed by atoms with Gasteiger partial charge in [-0.25, -0.2) is 0 Å². The minimum atomic E-state index is 0.916. The fourth-order valence-electron chi connectivity index (χ4n) is 6.06. The van der Waals surface area contributed by atoms with E-state index in [4.69, 9.17) is 4.42 Å². The summed E-state index contributed by atoms with van der Waals surface area (Å²) in [6.45, 7) is 0. The molecule has 8 aromatic rings. The lowest BCUT2D eigenvalue weighted by Gasteiger charge is -2.26. The van der Waals surface area contributed by atoms with Gasteiger partial charge in [-0.2, -0.15) is 0 Å². The van der Waals surface area contributed by atoms with E-state index in [-0.39, 0.29) is 0 Å². The smallest absolute Gasteiger partial charge is 0.143 e. The molecule has 0 amide bonds. The van der Waals surface area contributed by atoms with Gasteiger partial charge in [0.25, 0.3) is 0 Å². The highest BCUT2D eigenvalue weighted by atomic mass is 16.3. The Balaban J connectivity index is 1.19. The van der Waals surface area contributed by atoms with E-state index in [0.29, 0.717) is 0 Å². The van der Waals surface area contributed by atoms with Crippen molar-refractivity contribution in [2.45, 2.75) is 0 Å². The van der Waals surface area contributed by atoms with Gasteiger partial charge < -0.3 is 9.32 Å². The highest BCUT2D eigenvalue weighted by molar-refractivity contribution is 6.09. The molecule has 0 saturated carbocycles. The molecule has 7 aromatic carbocycles. The van der Waals surface area contributed by atoms with Gasteiger partial charge in [-0.3, -0.25) is 0 Å². The molecule has 0 N–H and O–H groups in total. The Bertz CT molecular complexity index is 2170. The first-order chi connectivity index (χ1) is 20.8. The van der Waals surface area contributed by atoms with Gasteiger partial charge in [-0.1, -0.05) is 121 Å². The van der Waals surface area contributed by atoms with Crippen molar-refractivity contribution in [1.29, 1.82) is 0 Å². The zero-order valence-electron chi connectivity index (χ0n) is 22.9. The predicted molar refractivity (Wildman–Crippen MR) is 177 cm³/mol. The van der Waals surface area contributed by atoms with Crippen LogP contribution in [0.25, 0.3) is 55.0 Å². The highest BCUT2D eigenvalue weighted by Crippen LogP contribution is 2.39. The average molecular weight is 538 g/mol. The average Bonchev–Trinajstić information content (AvgIpc) is 3.45. The van der Waals surface area contributed by atoms with Crippen molar-refractivity contribution in [3.05, 3.63) is 164 Å². The molecule has 1 aromatic heterocycles. The molecule has 42 heavy (non-hydrogen) atoms. The molecule has 2 nitrogen and oxygen atoms in total. The molecule has 2 heteroatoms. The number of fused-ring (bicyclic) bond motifs is 4. The largest absolute Gasteiger partial charge is 0.455 e. The number of nitrogens with zero attached hydrogens (tertiary/aromatic N) is 1. The Morgan fingerprint density at radius 1 is 0.357 bits per heavy atom. The Labute approximate surface area is 244 Å². The first-order valence-corrected chi connectivity index (χ1v) is 14.3. The van der Waals surface area contributed by atoms with Crippen LogP contribution in [0, 0.1) is 0 Å². The summed E-state index contributed by atoms with van der Waals surface area (Å²) in [7, 11) is 0. The van der Waals surface area contributed by atoms with E-state index in [9.17, 15) is 0 Å². The molecule has 0 radical (unpaired) electrons. The topological polar surface area (TPSA) is 16.4 Å². The van der Waals surface area contributed by atoms with Crippen molar-refractivity contribution >= 4 is 49.8 Å². The first kappa shape index (κ1) is 24.2. The molecule has 0 unspecified atom stereocenters. The lowest BCUT2D eigenvalue weighted by molar-refractivity contribution is 0.670. The second kappa shape index (κ2) is 10.1. The van der Waals surface area contributed by atoms with E-state index >= 15 is 0 Å². The minimum absolute atomic E-state index is 0.916. The monoisotopic (exact) mass is 537 g/mol. The van der Waals surface area contributed by atoms with Crippen LogP contribution in [-0.4, -0.2) is 0 Å². The summed E-state index contributed by atoms with van der Waals surface area (Å²) >= 11 is 0. The van der Waals surface area contributed by atoms with Gasteiger partial charge in [0.2, 0.25) is 0 Å². The number of para-hydroxylation sites is 3. The first-order valence-electron chi connectivity index (χ1n) is 14.3. The molecule has 0 bridgehead atoms. The van der Waals surface area contributed by atoms with Gasteiger partial charge >= 0.3 is 0 Å². The summed E-state index contributed by atoms with van der Waals surface area (Å²) in [6.07, 6.45) is 0. The van der Waals surface area contributed by atoms with E-state index < -0.39 is 0 Å². The van der Waals surface area contributed by atoms with Gasteiger partial charge in [0.15, 0.2) is 0 Å². The van der Waals surface area contributed by atoms with E-state index in [1.807, 2.05) is 12.1 Å². The number of hydrogen-bond acceptors (Lipinski definition) is 2. The summed E-state index contributed by atoms with van der Waals surface area (Å²) < 4.78 is 6.32. The number of rotatable bonds is 5. The molecule has 0 fully saturated rings. The zero-order chi connectivity index (χ0) is 27.9. The van der Waals surface area contributed by atoms with Crippen molar-refractivity contribution in [3.8, 4) is 22.3 Å². The molecule has 0 aliphatic rings. The van der Waals surface area contributed by atoms with Crippen LogP contribution < -0.4 is 4.90 Å². The SMILES string of the molecule is c1ccc(N(c2ccc(-c3cccc4ccccc34)cc2)c2ccc(-c3cccc4c3oc3ccccc34)cc2)cc1. The zero-order valence-corrected chi connectivity index (χ0v) is 22.9. The van der Waals surface area contributed by atoms with E-state index in [1.54, 1.807) is 0 Å². The summed E-state index contributed by atoms with van der Waals surface area (Å²) in [4.78, 5) is 2.30. The Hall–Kier alpha value is -5.60. The molecule has 8 rings (SSSR count).